The summed E-state index contributed by atoms with van der Waals surface area (Å²) in [6.45, 7) is 1.78. The second-order valence-electron chi connectivity index (χ2n) is 7.74. The van der Waals surface area contributed by atoms with Gasteiger partial charge in [0.25, 0.3) is 10.0 Å². The second-order valence-corrected chi connectivity index (χ2v) is 9.42. The van der Waals surface area contributed by atoms with Gasteiger partial charge >= 0.3 is 12.0 Å². The van der Waals surface area contributed by atoms with Crippen molar-refractivity contribution in [3.63, 3.8) is 0 Å². The normalized spacial score (nSPS) is 15.4. The van der Waals surface area contributed by atoms with Crippen molar-refractivity contribution in [2.24, 2.45) is 5.92 Å². The summed E-state index contributed by atoms with van der Waals surface area (Å²) in [6.07, 6.45) is 4.10. The maximum absolute atomic E-state index is 12.6. The molecule has 33 heavy (non-hydrogen) atoms. The van der Waals surface area contributed by atoms with Crippen molar-refractivity contribution in [2.45, 2.75) is 24.2 Å². The van der Waals surface area contributed by atoms with Gasteiger partial charge in [-0.1, -0.05) is 0 Å². The SMILES string of the molecule is O=C(O)CCN1CCC(C(=O)Nc2nc3ccc(NS(=O)(=O)c4ccncc4)cc3o2)CC1. The number of nitrogens with one attached hydrogen (secondary N) is 2. The zero-order chi connectivity index (χ0) is 23.4. The Morgan fingerprint density at radius 1 is 1.15 bits per heavy atom. The van der Waals surface area contributed by atoms with Gasteiger partial charge in [0.05, 0.1) is 17.0 Å². The lowest BCUT2D eigenvalue weighted by Crippen LogP contribution is -2.39. The number of pyridine rings is 1. The molecule has 12 heteroatoms. The first-order valence-corrected chi connectivity index (χ1v) is 11.9. The highest BCUT2D eigenvalue weighted by Gasteiger charge is 2.26. The summed E-state index contributed by atoms with van der Waals surface area (Å²) in [5, 5.41) is 11.5. The molecule has 3 aromatic rings. The molecule has 0 unspecified atom stereocenters. The number of anilines is 2. The van der Waals surface area contributed by atoms with Crippen LogP contribution >= 0.6 is 0 Å². The Balaban J connectivity index is 1.38. The number of oxazole rings is 1. The molecule has 4 rings (SSSR count). The largest absolute Gasteiger partial charge is 0.481 e. The first-order valence-electron chi connectivity index (χ1n) is 10.4. The predicted molar refractivity (Wildman–Crippen MR) is 119 cm³/mol. The van der Waals surface area contributed by atoms with E-state index in [1.54, 1.807) is 12.1 Å². The summed E-state index contributed by atoms with van der Waals surface area (Å²) < 4.78 is 33.1. The Morgan fingerprint density at radius 2 is 1.88 bits per heavy atom. The molecule has 2 aromatic heterocycles. The number of carbonyl (C=O) groups excluding carboxylic acids is 1. The van der Waals surface area contributed by atoms with Crippen molar-refractivity contribution in [3.8, 4) is 0 Å². The molecule has 0 saturated carbocycles. The quantitative estimate of drug-likeness (QED) is 0.446. The number of carboxylic acid groups (broad SMARTS) is 1. The van der Waals surface area contributed by atoms with Crippen LogP contribution in [0.15, 0.2) is 52.0 Å². The van der Waals surface area contributed by atoms with E-state index in [4.69, 9.17) is 9.52 Å². The number of sulfonamides is 1. The predicted octanol–water partition coefficient (Wildman–Crippen LogP) is 2.15. The van der Waals surface area contributed by atoms with Crippen LogP contribution in [-0.4, -0.2) is 59.9 Å². The van der Waals surface area contributed by atoms with Gasteiger partial charge in [-0.05, 0) is 50.2 Å². The van der Waals surface area contributed by atoms with E-state index in [9.17, 15) is 18.0 Å². The van der Waals surface area contributed by atoms with Crippen molar-refractivity contribution in [1.82, 2.24) is 14.9 Å². The van der Waals surface area contributed by atoms with Gasteiger partial charge < -0.3 is 14.4 Å². The average Bonchev–Trinajstić information content (AvgIpc) is 3.19. The minimum atomic E-state index is -3.78. The zero-order valence-electron chi connectivity index (χ0n) is 17.6. The molecule has 3 N–H and O–H groups in total. The molecule has 1 aliphatic heterocycles. The number of likely N-dealkylation sites (tertiary alicyclic amines) is 1. The molecule has 0 bridgehead atoms. The molecule has 1 amide bonds. The number of amides is 1. The summed E-state index contributed by atoms with van der Waals surface area (Å²) in [6, 6.07) is 7.47. The van der Waals surface area contributed by atoms with Crippen LogP contribution in [0.3, 0.4) is 0 Å². The third-order valence-electron chi connectivity index (χ3n) is 5.43. The Labute approximate surface area is 189 Å². The van der Waals surface area contributed by atoms with Crippen LogP contribution in [0.4, 0.5) is 11.7 Å². The highest BCUT2D eigenvalue weighted by molar-refractivity contribution is 7.92. The molecule has 1 aliphatic rings. The minimum absolute atomic E-state index is 0.0393. The van der Waals surface area contributed by atoms with Gasteiger partial charge in [0.2, 0.25) is 5.91 Å². The molecule has 0 spiro atoms. The topological polar surface area (TPSA) is 155 Å². The molecule has 1 aromatic carbocycles. The summed E-state index contributed by atoms with van der Waals surface area (Å²) >= 11 is 0. The lowest BCUT2D eigenvalue weighted by atomic mass is 9.96. The van der Waals surface area contributed by atoms with Gasteiger partial charge in [0.15, 0.2) is 5.58 Å². The Hall–Kier alpha value is -3.51. The van der Waals surface area contributed by atoms with Gasteiger partial charge in [0.1, 0.15) is 5.52 Å². The molecule has 3 heterocycles. The lowest BCUT2D eigenvalue weighted by Gasteiger charge is -2.30. The highest BCUT2D eigenvalue weighted by atomic mass is 32.2. The number of aromatic nitrogens is 2. The van der Waals surface area contributed by atoms with Gasteiger partial charge in [-0.15, -0.1) is 0 Å². The fourth-order valence-corrected chi connectivity index (χ4v) is 4.69. The number of aliphatic carboxylic acids is 1. The van der Waals surface area contributed by atoms with E-state index in [0.717, 1.165) is 0 Å². The van der Waals surface area contributed by atoms with E-state index in [-0.39, 0.29) is 29.2 Å². The van der Waals surface area contributed by atoms with Crippen LogP contribution in [0.1, 0.15) is 19.3 Å². The Morgan fingerprint density at radius 3 is 2.58 bits per heavy atom. The number of piperidine rings is 1. The second kappa shape index (κ2) is 9.55. The van der Waals surface area contributed by atoms with E-state index in [1.807, 2.05) is 4.90 Å². The maximum atomic E-state index is 12.6. The van der Waals surface area contributed by atoms with Crippen LogP contribution in [0.25, 0.3) is 11.1 Å². The number of carboxylic acids is 1. The van der Waals surface area contributed by atoms with Crippen LogP contribution in [0.2, 0.25) is 0 Å². The number of nitrogens with zero attached hydrogens (tertiary/aromatic N) is 3. The zero-order valence-corrected chi connectivity index (χ0v) is 18.4. The molecule has 0 aliphatic carbocycles. The summed E-state index contributed by atoms with van der Waals surface area (Å²) in [5.41, 5.74) is 1.09. The van der Waals surface area contributed by atoms with Crippen LogP contribution in [-0.2, 0) is 19.6 Å². The fraction of sp³-hybridized carbons (Fsp3) is 0.333. The van der Waals surface area contributed by atoms with E-state index in [1.165, 1.54) is 30.6 Å². The van der Waals surface area contributed by atoms with E-state index in [0.29, 0.717) is 49.3 Å². The molecule has 0 radical (unpaired) electrons. The van der Waals surface area contributed by atoms with Crippen molar-refractivity contribution < 1.29 is 27.5 Å². The summed E-state index contributed by atoms with van der Waals surface area (Å²) in [7, 11) is -3.78. The standard InChI is InChI=1S/C21H23N5O6S/c27-19(28)7-12-26-10-5-14(6-11-26)20(29)24-21-23-17-2-1-15(13-18(17)32-21)25-33(30,31)16-3-8-22-9-4-16/h1-4,8-9,13-14,25H,5-7,10-12H2,(H,27,28)(H,23,24,29). The van der Waals surface area contributed by atoms with Gasteiger partial charge in [0, 0.05) is 30.9 Å². The lowest BCUT2D eigenvalue weighted by molar-refractivity contribution is -0.137. The van der Waals surface area contributed by atoms with Crippen molar-refractivity contribution in [2.75, 3.05) is 29.7 Å². The number of rotatable bonds is 8. The smallest absolute Gasteiger partial charge is 0.304 e. The van der Waals surface area contributed by atoms with E-state index < -0.39 is 16.0 Å². The summed E-state index contributed by atoms with van der Waals surface area (Å²) in [4.78, 5) is 33.5. The van der Waals surface area contributed by atoms with Gasteiger partial charge in [-0.25, -0.2) is 8.42 Å². The number of hydrogen-bond acceptors (Lipinski definition) is 8. The maximum Gasteiger partial charge on any atom is 0.304 e. The number of fused-ring (bicyclic) bond motifs is 1. The van der Waals surface area contributed by atoms with Crippen molar-refractivity contribution in [1.29, 1.82) is 0 Å². The van der Waals surface area contributed by atoms with Crippen LogP contribution in [0, 0.1) is 5.92 Å². The Kier molecular flexibility index (Phi) is 6.56. The first-order chi connectivity index (χ1) is 15.8. The van der Waals surface area contributed by atoms with Gasteiger partial charge in [-0.3, -0.25) is 24.6 Å². The Bertz CT molecular complexity index is 1250. The third kappa shape index (κ3) is 5.65. The molecule has 1 fully saturated rings. The molecular weight excluding hydrogens is 450 g/mol. The fourth-order valence-electron chi connectivity index (χ4n) is 3.65. The molecular formula is C21H23N5O6S. The minimum Gasteiger partial charge on any atom is -0.481 e. The monoisotopic (exact) mass is 473 g/mol. The molecule has 1 saturated heterocycles. The number of carbonyl (C=O) groups is 2. The summed E-state index contributed by atoms with van der Waals surface area (Å²) in [5.74, 6) is -1.26. The highest BCUT2D eigenvalue weighted by Crippen LogP contribution is 2.25. The van der Waals surface area contributed by atoms with Gasteiger partial charge in [-0.2, -0.15) is 4.98 Å². The molecule has 174 valence electrons. The van der Waals surface area contributed by atoms with Crippen LogP contribution in [0.5, 0.6) is 0 Å². The first kappa shape index (κ1) is 22.7. The molecule has 0 atom stereocenters. The van der Waals surface area contributed by atoms with E-state index in [2.05, 4.69) is 20.0 Å². The third-order valence-corrected chi connectivity index (χ3v) is 6.83. The van der Waals surface area contributed by atoms with E-state index >= 15 is 0 Å². The van der Waals surface area contributed by atoms with Crippen molar-refractivity contribution >= 4 is 44.7 Å². The average molecular weight is 474 g/mol. The number of hydrogen-bond donors (Lipinski definition) is 3. The number of benzene rings is 1. The van der Waals surface area contributed by atoms with Crippen molar-refractivity contribution in [3.05, 3.63) is 42.7 Å². The molecule has 11 nitrogen and oxygen atoms in total. The van der Waals surface area contributed by atoms with Crippen LogP contribution < -0.4 is 10.0 Å².